The first-order valence-electron chi connectivity index (χ1n) is 12.7. The molecule has 0 saturated carbocycles. The van der Waals surface area contributed by atoms with E-state index in [0.717, 1.165) is 0 Å². The van der Waals surface area contributed by atoms with Gasteiger partial charge in [-0.1, -0.05) is 12.1 Å². The molecule has 0 spiro atoms. The van der Waals surface area contributed by atoms with Crippen LogP contribution in [0.5, 0.6) is 5.75 Å². The number of carboxylic acid groups (broad SMARTS) is 1. The number of benzene rings is 1. The van der Waals surface area contributed by atoms with Crippen molar-refractivity contribution in [3.63, 3.8) is 0 Å². The molecule has 4 unspecified atom stereocenters. The molecule has 228 valence electrons. The van der Waals surface area contributed by atoms with E-state index in [1.807, 2.05) is 0 Å². The molecule has 1 aromatic rings. The number of thiol groups is 1. The number of carbonyl (C=O) groups is 4. The normalized spacial score (nSPS) is 13.5. The lowest BCUT2D eigenvalue weighted by molar-refractivity contribution is -0.142. The smallest absolute Gasteiger partial charge is 0.326 e. The molecular formula is C24H40N10O6S. The Hall–Kier alpha value is -4.25. The number of aliphatic imine (C=N–C) groups is 2. The summed E-state index contributed by atoms with van der Waals surface area (Å²) in [4.78, 5) is 58.2. The average molecular weight is 597 g/mol. The van der Waals surface area contributed by atoms with Crippen LogP contribution in [-0.2, 0) is 25.6 Å². The number of aliphatic carboxylic acids is 1. The first kappa shape index (κ1) is 34.8. The summed E-state index contributed by atoms with van der Waals surface area (Å²) < 4.78 is 0. The van der Waals surface area contributed by atoms with Gasteiger partial charge in [0, 0.05) is 25.3 Å². The lowest BCUT2D eigenvalue weighted by Gasteiger charge is -2.24. The Kier molecular flexibility index (Phi) is 15.4. The van der Waals surface area contributed by atoms with Crippen molar-refractivity contribution in [2.75, 3.05) is 18.8 Å². The Morgan fingerprint density at radius 1 is 0.780 bits per heavy atom. The molecular weight excluding hydrogens is 556 g/mol. The summed E-state index contributed by atoms with van der Waals surface area (Å²) in [6.07, 6.45) is 0.916. The summed E-state index contributed by atoms with van der Waals surface area (Å²) in [5, 5.41) is 26.7. The number of rotatable bonds is 18. The third-order valence-electron chi connectivity index (χ3n) is 5.69. The minimum atomic E-state index is -1.29. The van der Waals surface area contributed by atoms with Crippen LogP contribution in [0.1, 0.15) is 31.2 Å². The second-order valence-electron chi connectivity index (χ2n) is 9.08. The van der Waals surface area contributed by atoms with E-state index in [4.69, 9.17) is 28.7 Å². The van der Waals surface area contributed by atoms with Gasteiger partial charge in [0.1, 0.15) is 23.9 Å². The maximum Gasteiger partial charge on any atom is 0.326 e. The molecule has 4 atom stereocenters. The van der Waals surface area contributed by atoms with E-state index in [9.17, 15) is 29.4 Å². The number of carbonyl (C=O) groups excluding carboxylic acids is 3. The van der Waals surface area contributed by atoms with Crippen molar-refractivity contribution < 1.29 is 29.4 Å². The van der Waals surface area contributed by atoms with Crippen LogP contribution >= 0.6 is 12.6 Å². The van der Waals surface area contributed by atoms with Crippen molar-refractivity contribution in [3.05, 3.63) is 29.8 Å². The van der Waals surface area contributed by atoms with Crippen LogP contribution in [0.15, 0.2) is 34.3 Å². The predicted octanol–water partition coefficient (Wildman–Crippen LogP) is -3.16. The standard InChI is InChI=1S/C24H40N10O6S/c25-15(3-1-9-30-23(26)27)19(36)34-18(12-41)21(38)33-17(11-13-5-7-14(35)8-6-13)20(37)32-16(22(39)40)4-2-10-31-24(28)29/h5-8,15-18,35,41H,1-4,9-12,25H2,(H,32,37)(H,33,38)(H,34,36)(H,39,40)(H4,26,27,30)(H4,28,29,31). The van der Waals surface area contributed by atoms with Gasteiger partial charge in [-0.2, -0.15) is 12.6 Å². The summed E-state index contributed by atoms with van der Waals surface area (Å²) in [5.41, 5.74) is 27.5. The van der Waals surface area contributed by atoms with Gasteiger partial charge in [0.15, 0.2) is 11.9 Å². The second kappa shape index (κ2) is 18.2. The summed E-state index contributed by atoms with van der Waals surface area (Å²) in [6, 6.07) is 1.27. The Balaban J connectivity index is 2.97. The van der Waals surface area contributed by atoms with Crippen LogP contribution < -0.4 is 44.6 Å². The molecule has 41 heavy (non-hydrogen) atoms. The summed E-state index contributed by atoms with van der Waals surface area (Å²) >= 11 is 4.14. The quantitative estimate of drug-likeness (QED) is 0.0348. The van der Waals surface area contributed by atoms with Crippen molar-refractivity contribution in [1.29, 1.82) is 0 Å². The first-order chi connectivity index (χ1) is 19.3. The number of guanidine groups is 2. The Bertz CT molecular complexity index is 1080. The number of nitrogens with two attached hydrogens (primary N) is 5. The zero-order valence-corrected chi connectivity index (χ0v) is 23.4. The lowest BCUT2D eigenvalue weighted by Crippen LogP contribution is -2.58. The van der Waals surface area contributed by atoms with E-state index >= 15 is 0 Å². The first-order valence-corrected chi connectivity index (χ1v) is 13.4. The highest BCUT2D eigenvalue weighted by atomic mass is 32.1. The van der Waals surface area contributed by atoms with Crippen LogP contribution in [-0.4, -0.2) is 88.8 Å². The van der Waals surface area contributed by atoms with Crippen molar-refractivity contribution in [1.82, 2.24) is 16.0 Å². The van der Waals surface area contributed by atoms with Gasteiger partial charge in [-0.15, -0.1) is 0 Å². The number of nitrogens with one attached hydrogen (secondary N) is 3. The number of hydrogen-bond acceptors (Lipinski definition) is 9. The monoisotopic (exact) mass is 596 g/mol. The molecule has 16 nitrogen and oxygen atoms in total. The topological polar surface area (TPSA) is 300 Å². The third-order valence-corrected chi connectivity index (χ3v) is 6.05. The van der Waals surface area contributed by atoms with Gasteiger partial charge in [-0.25, -0.2) is 4.79 Å². The number of aromatic hydroxyl groups is 1. The number of phenolic OH excluding ortho intramolecular Hbond substituents is 1. The third kappa shape index (κ3) is 14.1. The molecule has 0 aliphatic carbocycles. The lowest BCUT2D eigenvalue weighted by atomic mass is 10.0. The van der Waals surface area contributed by atoms with Gasteiger partial charge >= 0.3 is 5.97 Å². The number of amides is 3. The van der Waals surface area contributed by atoms with Gasteiger partial charge in [0.25, 0.3) is 0 Å². The zero-order valence-electron chi connectivity index (χ0n) is 22.5. The van der Waals surface area contributed by atoms with Crippen molar-refractivity contribution >= 4 is 48.2 Å². The Morgan fingerprint density at radius 2 is 1.27 bits per heavy atom. The maximum atomic E-state index is 13.2. The van der Waals surface area contributed by atoms with Gasteiger partial charge < -0.3 is 54.8 Å². The van der Waals surface area contributed by atoms with Crippen LogP contribution in [0.2, 0.25) is 0 Å². The molecule has 0 aromatic heterocycles. The summed E-state index contributed by atoms with van der Waals surface area (Å²) in [6.45, 7) is 0.439. The number of nitrogens with zero attached hydrogens (tertiary/aromatic N) is 2. The fourth-order valence-electron chi connectivity index (χ4n) is 3.51. The Labute approximate surface area is 243 Å². The minimum absolute atomic E-state index is 0.00186. The fourth-order valence-corrected chi connectivity index (χ4v) is 3.76. The predicted molar refractivity (Wildman–Crippen MR) is 157 cm³/mol. The molecule has 0 saturated heterocycles. The molecule has 15 N–H and O–H groups in total. The highest BCUT2D eigenvalue weighted by Gasteiger charge is 2.30. The van der Waals surface area contributed by atoms with Gasteiger partial charge in [0.05, 0.1) is 6.04 Å². The van der Waals surface area contributed by atoms with Crippen LogP contribution in [0, 0.1) is 0 Å². The van der Waals surface area contributed by atoms with Crippen LogP contribution in [0.4, 0.5) is 0 Å². The van der Waals surface area contributed by atoms with Crippen molar-refractivity contribution in [3.8, 4) is 5.75 Å². The number of carboxylic acids is 1. The molecule has 0 bridgehead atoms. The second-order valence-corrected chi connectivity index (χ2v) is 9.44. The number of phenols is 1. The number of hydrogen-bond donors (Lipinski definition) is 11. The molecule has 0 fully saturated rings. The van der Waals surface area contributed by atoms with E-state index < -0.39 is 47.9 Å². The van der Waals surface area contributed by atoms with Crippen molar-refractivity contribution in [2.24, 2.45) is 38.7 Å². The molecule has 17 heteroatoms. The SMILES string of the molecule is NC(N)=NCCCC(N)C(=O)NC(CS)C(=O)NC(Cc1ccc(O)cc1)C(=O)NC(CCCN=C(N)N)C(=O)O. The maximum absolute atomic E-state index is 13.2. The van der Waals surface area contributed by atoms with Crippen LogP contribution in [0.25, 0.3) is 0 Å². The van der Waals surface area contributed by atoms with Crippen LogP contribution in [0.3, 0.4) is 0 Å². The van der Waals surface area contributed by atoms with Crippen molar-refractivity contribution in [2.45, 2.75) is 56.3 Å². The largest absolute Gasteiger partial charge is 0.508 e. The molecule has 1 aromatic carbocycles. The summed E-state index contributed by atoms with van der Waals surface area (Å²) in [7, 11) is 0. The molecule has 1 rings (SSSR count). The summed E-state index contributed by atoms with van der Waals surface area (Å²) in [5.74, 6) is -3.76. The van der Waals surface area contributed by atoms with Gasteiger partial charge in [0.2, 0.25) is 17.7 Å². The van der Waals surface area contributed by atoms with E-state index in [2.05, 4.69) is 38.6 Å². The molecule has 0 radical (unpaired) electrons. The van der Waals surface area contributed by atoms with E-state index in [0.29, 0.717) is 12.0 Å². The zero-order chi connectivity index (χ0) is 30.9. The molecule has 0 aliphatic heterocycles. The van der Waals surface area contributed by atoms with Gasteiger partial charge in [-0.05, 0) is 43.4 Å². The molecule has 0 heterocycles. The molecule has 3 amide bonds. The highest BCUT2D eigenvalue weighted by Crippen LogP contribution is 2.12. The van der Waals surface area contributed by atoms with E-state index in [-0.39, 0.29) is 62.2 Å². The van der Waals surface area contributed by atoms with E-state index in [1.54, 1.807) is 12.1 Å². The average Bonchev–Trinajstić information content (AvgIpc) is 2.91. The fraction of sp³-hybridized carbons (Fsp3) is 0.500. The van der Waals surface area contributed by atoms with Gasteiger partial charge in [-0.3, -0.25) is 24.4 Å². The Morgan fingerprint density at radius 3 is 1.78 bits per heavy atom. The molecule has 0 aliphatic rings. The van der Waals surface area contributed by atoms with E-state index in [1.165, 1.54) is 12.1 Å². The minimum Gasteiger partial charge on any atom is -0.508 e. The highest BCUT2D eigenvalue weighted by molar-refractivity contribution is 7.80.